The van der Waals surface area contributed by atoms with E-state index in [2.05, 4.69) is 5.32 Å². The van der Waals surface area contributed by atoms with E-state index in [0.29, 0.717) is 23.1 Å². The van der Waals surface area contributed by atoms with Gasteiger partial charge in [-0.3, -0.25) is 0 Å². The van der Waals surface area contributed by atoms with E-state index in [1.807, 2.05) is 30.3 Å². The maximum absolute atomic E-state index is 9.03. The van der Waals surface area contributed by atoms with Gasteiger partial charge in [-0.1, -0.05) is 35.9 Å². The molecule has 4 nitrogen and oxygen atoms in total. The molecule has 0 spiro atoms. The first kappa shape index (κ1) is 15.5. The first-order valence-corrected chi connectivity index (χ1v) is 6.89. The molecule has 0 unspecified atom stereocenters. The number of hydrogen-bond donors (Lipinski definition) is 2. The van der Waals surface area contributed by atoms with Crippen LogP contribution in [0.3, 0.4) is 0 Å². The molecule has 0 aliphatic carbocycles. The molecule has 2 N–H and O–H groups in total. The first-order chi connectivity index (χ1) is 10.2. The van der Waals surface area contributed by atoms with E-state index in [1.54, 1.807) is 20.3 Å². The van der Waals surface area contributed by atoms with Gasteiger partial charge >= 0.3 is 0 Å². The van der Waals surface area contributed by atoms with E-state index in [4.69, 9.17) is 26.2 Å². The lowest BCUT2D eigenvalue weighted by Crippen LogP contribution is -2.02. The van der Waals surface area contributed by atoms with Crippen LogP contribution in [-0.4, -0.2) is 19.3 Å². The average Bonchev–Trinajstić information content (AvgIpc) is 2.53. The highest BCUT2D eigenvalue weighted by Crippen LogP contribution is 2.36. The van der Waals surface area contributed by atoms with E-state index in [1.165, 1.54) is 0 Å². The number of methoxy groups -OCH3 is 2. The smallest absolute Gasteiger partial charge is 0.143 e. The normalized spacial score (nSPS) is 10.3. The summed E-state index contributed by atoms with van der Waals surface area (Å²) in [7, 11) is 3.17. The Labute approximate surface area is 129 Å². The van der Waals surface area contributed by atoms with Crippen molar-refractivity contribution in [1.82, 2.24) is 0 Å². The lowest BCUT2D eigenvalue weighted by Gasteiger charge is -2.14. The van der Waals surface area contributed by atoms with Crippen molar-refractivity contribution in [3.8, 4) is 11.5 Å². The van der Waals surface area contributed by atoms with Crippen LogP contribution >= 0.6 is 11.6 Å². The van der Waals surface area contributed by atoms with Crippen LogP contribution in [-0.2, 0) is 13.2 Å². The summed E-state index contributed by atoms with van der Waals surface area (Å²) >= 11 is 6.07. The highest BCUT2D eigenvalue weighted by Gasteiger charge is 2.09. The third-order valence-electron chi connectivity index (χ3n) is 3.16. The standard InChI is InChI=1S/C16H18ClNO3/c1-20-15-8-14(16(21-2)7-13(15)17)18-9-11-3-5-12(10-19)6-4-11/h3-8,18-19H,9-10H2,1-2H3. The van der Waals surface area contributed by atoms with Crippen LogP contribution in [0.1, 0.15) is 11.1 Å². The van der Waals surface area contributed by atoms with Crippen molar-refractivity contribution in [2.24, 2.45) is 0 Å². The van der Waals surface area contributed by atoms with Crippen LogP contribution < -0.4 is 14.8 Å². The van der Waals surface area contributed by atoms with Crippen molar-refractivity contribution in [2.45, 2.75) is 13.2 Å². The molecule has 0 saturated heterocycles. The van der Waals surface area contributed by atoms with Gasteiger partial charge in [0.05, 0.1) is 31.5 Å². The number of halogens is 1. The second kappa shape index (κ2) is 7.20. The zero-order valence-corrected chi connectivity index (χ0v) is 12.8. The van der Waals surface area contributed by atoms with Gasteiger partial charge in [-0.25, -0.2) is 0 Å². The van der Waals surface area contributed by atoms with Gasteiger partial charge in [0, 0.05) is 18.7 Å². The Morgan fingerprint density at radius 3 is 2.19 bits per heavy atom. The fourth-order valence-corrected chi connectivity index (χ4v) is 2.19. The van der Waals surface area contributed by atoms with Crippen molar-refractivity contribution in [3.63, 3.8) is 0 Å². The molecule has 2 aromatic rings. The highest BCUT2D eigenvalue weighted by molar-refractivity contribution is 6.32. The first-order valence-electron chi connectivity index (χ1n) is 6.52. The molecule has 0 saturated carbocycles. The Bertz CT molecular complexity index is 599. The second-order valence-corrected chi connectivity index (χ2v) is 4.92. The minimum Gasteiger partial charge on any atom is -0.495 e. The summed E-state index contributed by atoms with van der Waals surface area (Å²) in [5.74, 6) is 1.25. The third-order valence-corrected chi connectivity index (χ3v) is 3.46. The Balaban J connectivity index is 2.14. The van der Waals surface area contributed by atoms with Gasteiger partial charge in [0.1, 0.15) is 11.5 Å². The maximum atomic E-state index is 9.03. The molecule has 0 aliphatic heterocycles. The predicted molar refractivity (Wildman–Crippen MR) is 84.2 cm³/mol. The molecule has 0 radical (unpaired) electrons. The zero-order valence-electron chi connectivity index (χ0n) is 12.0. The quantitative estimate of drug-likeness (QED) is 0.858. The van der Waals surface area contributed by atoms with Gasteiger partial charge in [0.15, 0.2) is 0 Å². The number of ether oxygens (including phenoxy) is 2. The van der Waals surface area contributed by atoms with Crippen molar-refractivity contribution in [3.05, 3.63) is 52.5 Å². The molecule has 2 aromatic carbocycles. The van der Waals surface area contributed by atoms with Gasteiger partial charge in [-0.2, -0.15) is 0 Å². The maximum Gasteiger partial charge on any atom is 0.143 e. The summed E-state index contributed by atoms with van der Waals surface area (Å²) in [5, 5.41) is 12.8. The summed E-state index contributed by atoms with van der Waals surface area (Å²) in [6, 6.07) is 11.3. The number of nitrogens with one attached hydrogen (secondary N) is 1. The second-order valence-electron chi connectivity index (χ2n) is 4.52. The fourth-order valence-electron chi connectivity index (χ4n) is 1.96. The third kappa shape index (κ3) is 3.80. The molecule has 0 aromatic heterocycles. The summed E-state index contributed by atoms with van der Waals surface area (Å²) in [6.45, 7) is 0.683. The van der Waals surface area contributed by atoms with E-state index >= 15 is 0 Å². The molecule has 2 rings (SSSR count). The van der Waals surface area contributed by atoms with E-state index < -0.39 is 0 Å². The monoisotopic (exact) mass is 307 g/mol. The summed E-state index contributed by atoms with van der Waals surface area (Å²) in [4.78, 5) is 0. The Morgan fingerprint density at radius 1 is 1.00 bits per heavy atom. The molecule has 0 amide bonds. The SMILES string of the molecule is COc1cc(NCc2ccc(CO)cc2)c(OC)cc1Cl. The van der Waals surface area contributed by atoms with Crippen molar-refractivity contribution < 1.29 is 14.6 Å². The van der Waals surface area contributed by atoms with Crippen LogP contribution in [0.2, 0.25) is 5.02 Å². The minimum atomic E-state index is 0.0515. The van der Waals surface area contributed by atoms with Crippen LogP contribution in [0, 0.1) is 0 Å². The molecule has 0 bridgehead atoms. The lowest BCUT2D eigenvalue weighted by atomic mass is 10.1. The summed E-state index contributed by atoms with van der Waals surface area (Å²) < 4.78 is 10.5. The van der Waals surface area contributed by atoms with Crippen molar-refractivity contribution in [2.75, 3.05) is 19.5 Å². The molecular formula is C16H18ClNO3. The van der Waals surface area contributed by atoms with Crippen LogP contribution in [0.4, 0.5) is 5.69 Å². The Morgan fingerprint density at radius 2 is 1.62 bits per heavy atom. The molecule has 0 heterocycles. The van der Waals surface area contributed by atoms with Gasteiger partial charge in [0.25, 0.3) is 0 Å². The molecule has 0 fully saturated rings. The van der Waals surface area contributed by atoms with Gasteiger partial charge in [0.2, 0.25) is 0 Å². The molecule has 21 heavy (non-hydrogen) atoms. The van der Waals surface area contributed by atoms with Crippen LogP contribution in [0.25, 0.3) is 0 Å². The highest BCUT2D eigenvalue weighted by atomic mass is 35.5. The predicted octanol–water partition coefficient (Wildman–Crippen LogP) is 3.46. The summed E-state index contributed by atoms with van der Waals surface area (Å²) in [5.41, 5.74) is 2.80. The lowest BCUT2D eigenvalue weighted by molar-refractivity contribution is 0.282. The molecule has 112 valence electrons. The molecule has 0 aliphatic rings. The number of aliphatic hydroxyl groups is 1. The van der Waals surface area contributed by atoms with Gasteiger partial charge in [-0.05, 0) is 11.1 Å². The number of hydrogen-bond acceptors (Lipinski definition) is 4. The van der Waals surface area contributed by atoms with Gasteiger partial charge < -0.3 is 19.9 Å². The number of anilines is 1. The zero-order chi connectivity index (χ0) is 15.2. The van der Waals surface area contributed by atoms with E-state index in [9.17, 15) is 0 Å². The van der Waals surface area contributed by atoms with Crippen molar-refractivity contribution >= 4 is 17.3 Å². The number of aliphatic hydroxyl groups excluding tert-OH is 1. The largest absolute Gasteiger partial charge is 0.495 e. The topological polar surface area (TPSA) is 50.7 Å². The summed E-state index contributed by atoms with van der Waals surface area (Å²) in [6.07, 6.45) is 0. The van der Waals surface area contributed by atoms with Crippen molar-refractivity contribution in [1.29, 1.82) is 0 Å². The van der Waals surface area contributed by atoms with Crippen LogP contribution in [0.5, 0.6) is 11.5 Å². The fraction of sp³-hybridized carbons (Fsp3) is 0.250. The minimum absolute atomic E-state index is 0.0515. The molecular weight excluding hydrogens is 290 g/mol. The Hall–Kier alpha value is -1.91. The molecule has 0 atom stereocenters. The number of benzene rings is 2. The molecule has 5 heteroatoms. The average molecular weight is 308 g/mol. The van der Waals surface area contributed by atoms with E-state index in [-0.39, 0.29) is 6.61 Å². The van der Waals surface area contributed by atoms with Crippen LogP contribution in [0.15, 0.2) is 36.4 Å². The number of rotatable bonds is 6. The van der Waals surface area contributed by atoms with E-state index in [0.717, 1.165) is 16.8 Å². The Kier molecular flexibility index (Phi) is 5.31. The van der Waals surface area contributed by atoms with Gasteiger partial charge in [-0.15, -0.1) is 0 Å².